The Labute approximate surface area is 389 Å². The molecule has 0 aliphatic carbocycles. The summed E-state index contributed by atoms with van der Waals surface area (Å²) in [5.74, 6) is 22.6. The van der Waals surface area contributed by atoms with E-state index >= 15 is 0 Å². The quantitative estimate of drug-likeness (QED) is 0.119. The second-order valence-electron chi connectivity index (χ2n) is 14.5. The predicted octanol–water partition coefficient (Wildman–Crippen LogP) is 9.97. The van der Waals surface area contributed by atoms with Crippen molar-refractivity contribution >= 4 is 0 Å². The maximum atomic E-state index is 5.27. The molecule has 13 heteroatoms. The summed E-state index contributed by atoms with van der Waals surface area (Å²) in [4.78, 5) is 25.6. The predicted molar refractivity (Wildman–Crippen MR) is 254 cm³/mol. The first-order valence-electron chi connectivity index (χ1n) is 21.4. The summed E-state index contributed by atoms with van der Waals surface area (Å²) < 4.78 is 20.9. The number of pyridine rings is 3. The zero-order valence-corrected chi connectivity index (χ0v) is 37.3. The van der Waals surface area contributed by atoms with Gasteiger partial charge in [-0.25, -0.2) is 15.0 Å². The van der Waals surface area contributed by atoms with Crippen molar-refractivity contribution in [1.82, 2.24) is 45.4 Å². The molecule has 6 aromatic heterocycles. The van der Waals surface area contributed by atoms with E-state index in [2.05, 4.69) is 80.9 Å². The molecule has 0 bridgehead atoms. The van der Waals surface area contributed by atoms with E-state index in [9.17, 15) is 0 Å². The summed E-state index contributed by atoms with van der Waals surface area (Å²) in [5.41, 5.74) is 7.50. The Morgan fingerprint density at radius 1 is 0.433 bits per heavy atom. The molecule has 0 unspecified atom stereocenters. The SMILES string of the molecule is COc1ccc(-c2noc(CCC#Cc3ccccn3)n2)cc1.Cc1ccc(-c2noc(CCC#Cc3ccccn3)n2)cc1.Cc1cccc(-c2noc(CCC#Cc3ccccn3)n2)c1. The molecule has 330 valence electrons. The highest BCUT2D eigenvalue weighted by atomic mass is 16.5. The van der Waals surface area contributed by atoms with Crippen LogP contribution < -0.4 is 4.74 Å². The van der Waals surface area contributed by atoms with E-state index < -0.39 is 0 Å². The Bertz CT molecular complexity index is 3100. The van der Waals surface area contributed by atoms with Crippen LogP contribution in [0.2, 0.25) is 0 Å². The molecule has 0 atom stereocenters. The van der Waals surface area contributed by atoms with Gasteiger partial charge in [0.15, 0.2) is 0 Å². The normalized spacial score (nSPS) is 10.0. The highest BCUT2D eigenvalue weighted by Crippen LogP contribution is 2.21. The van der Waals surface area contributed by atoms with E-state index in [1.54, 1.807) is 25.7 Å². The molecule has 6 heterocycles. The fraction of sp³-hybridized carbons (Fsp3) is 0.167. The van der Waals surface area contributed by atoms with Crippen molar-refractivity contribution in [2.75, 3.05) is 7.11 Å². The number of benzene rings is 3. The number of aryl methyl sites for hydroxylation is 5. The number of methoxy groups -OCH3 is 1. The van der Waals surface area contributed by atoms with E-state index in [0.717, 1.165) is 39.5 Å². The molecular weight excluding hydrogens is 839 g/mol. The molecule has 0 amide bonds. The second-order valence-corrected chi connectivity index (χ2v) is 14.5. The minimum Gasteiger partial charge on any atom is -0.497 e. The van der Waals surface area contributed by atoms with Crippen molar-refractivity contribution in [3.8, 4) is 75.4 Å². The average molecular weight is 884 g/mol. The highest BCUT2D eigenvalue weighted by Gasteiger charge is 2.10. The summed E-state index contributed by atoms with van der Waals surface area (Å²) >= 11 is 0. The first kappa shape index (κ1) is 46.0. The summed E-state index contributed by atoms with van der Waals surface area (Å²) in [6.45, 7) is 4.09. The van der Waals surface area contributed by atoms with Gasteiger partial charge in [0, 0.05) is 73.8 Å². The van der Waals surface area contributed by atoms with Crippen LogP contribution >= 0.6 is 0 Å². The minimum atomic E-state index is 0.570. The van der Waals surface area contributed by atoms with Crippen molar-refractivity contribution in [3.63, 3.8) is 0 Å². The van der Waals surface area contributed by atoms with Gasteiger partial charge in [0.1, 0.15) is 22.8 Å². The molecule has 9 aromatic rings. The van der Waals surface area contributed by atoms with Gasteiger partial charge in [-0.05, 0) is 98.3 Å². The van der Waals surface area contributed by atoms with Gasteiger partial charge in [-0.15, -0.1) is 0 Å². The van der Waals surface area contributed by atoms with Crippen molar-refractivity contribution in [2.45, 2.75) is 52.4 Å². The van der Waals surface area contributed by atoms with E-state index in [1.807, 2.05) is 141 Å². The molecule has 3 aromatic carbocycles. The van der Waals surface area contributed by atoms with Crippen LogP contribution in [0.25, 0.3) is 34.2 Å². The number of ether oxygens (including phenoxy) is 1. The molecule has 0 saturated carbocycles. The summed E-state index contributed by atoms with van der Waals surface area (Å²) in [5, 5.41) is 12.0. The fourth-order valence-electron chi connectivity index (χ4n) is 5.93. The van der Waals surface area contributed by atoms with E-state index in [-0.39, 0.29) is 0 Å². The van der Waals surface area contributed by atoms with Crippen molar-refractivity contribution in [3.05, 3.63) is 192 Å². The molecule has 0 aliphatic heterocycles. The van der Waals surface area contributed by atoms with Gasteiger partial charge < -0.3 is 18.3 Å². The number of hydrogen-bond acceptors (Lipinski definition) is 13. The van der Waals surface area contributed by atoms with Gasteiger partial charge in [0.05, 0.1) is 7.11 Å². The molecule has 0 fully saturated rings. The van der Waals surface area contributed by atoms with Gasteiger partial charge in [0.25, 0.3) is 0 Å². The van der Waals surface area contributed by atoms with Gasteiger partial charge in [-0.2, -0.15) is 15.0 Å². The third-order valence-electron chi connectivity index (χ3n) is 9.37. The summed E-state index contributed by atoms with van der Waals surface area (Å²) in [6, 6.07) is 40.6. The molecular formula is C54H45N9O4. The smallest absolute Gasteiger partial charge is 0.227 e. The third kappa shape index (κ3) is 15.1. The number of aromatic nitrogens is 9. The van der Waals surface area contributed by atoms with Gasteiger partial charge in [-0.3, -0.25) is 0 Å². The fourth-order valence-corrected chi connectivity index (χ4v) is 5.93. The molecule has 0 saturated heterocycles. The van der Waals surface area contributed by atoms with E-state index in [4.69, 9.17) is 18.3 Å². The Balaban J connectivity index is 0.000000149. The molecule has 0 spiro atoms. The first-order chi connectivity index (χ1) is 33.0. The summed E-state index contributed by atoms with van der Waals surface area (Å²) in [6.07, 6.45) is 9.04. The zero-order chi connectivity index (χ0) is 46.3. The molecule has 13 nitrogen and oxygen atoms in total. The zero-order valence-electron chi connectivity index (χ0n) is 37.3. The van der Waals surface area contributed by atoms with Crippen LogP contribution in [-0.4, -0.2) is 52.5 Å². The topological polar surface area (TPSA) is 165 Å². The van der Waals surface area contributed by atoms with Crippen LogP contribution in [0.5, 0.6) is 5.75 Å². The van der Waals surface area contributed by atoms with Gasteiger partial charge >= 0.3 is 0 Å². The van der Waals surface area contributed by atoms with Crippen LogP contribution in [0.1, 0.15) is 65.1 Å². The Morgan fingerprint density at radius 3 is 1.24 bits per heavy atom. The molecule has 9 rings (SSSR count). The van der Waals surface area contributed by atoms with E-state index in [0.29, 0.717) is 73.7 Å². The van der Waals surface area contributed by atoms with Crippen molar-refractivity contribution < 1.29 is 18.3 Å². The lowest BCUT2D eigenvalue weighted by atomic mass is 10.1. The highest BCUT2D eigenvalue weighted by molar-refractivity contribution is 5.56. The molecule has 0 N–H and O–H groups in total. The third-order valence-corrected chi connectivity index (χ3v) is 9.37. The first-order valence-corrected chi connectivity index (χ1v) is 21.4. The Hall–Kier alpha value is -8.99. The standard InChI is InChI=1S/C18H15N3O2.2C18H15N3O/c1-22-16-11-9-14(10-12-16)18-20-17(23-21-18)8-3-2-6-15-7-4-5-13-19-15;1-14-7-6-8-15(13-14)18-20-17(22-21-18)11-3-2-9-16-10-4-5-12-19-16;1-14-9-11-15(12-10-14)18-20-17(22-21-18)8-3-2-6-16-7-4-5-13-19-16/h4-5,7,9-13H,3,8H2,1H3;4-8,10,12-13H,3,11H2,1H3;4-5,7,9-13H,3,8H2,1H3. The number of rotatable bonds is 10. The number of hydrogen-bond donors (Lipinski definition) is 0. The molecule has 67 heavy (non-hydrogen) atoms. The maximum absolute atomic E-state index is 5.27. The molecule has 0 radical (unpaired) electrons. The average Bonchev–Trinajstić information content (AvgIpc) is 4.18. The van der Waals surface area contributed by atoms with Crippen molar-refractivity contribution in [1.29, 1.82) is 0 Å². The van der Waals surface area contributed by atoms with Gasteiger partial charge in [-0.1, -0.05) is 105 Å². The van der Waals surface area contributed by atoms with Crippen molar-refractivity contribution in [2.24, 2.45) is 0 Å². The van der Waals surface area contributed by atoms with E-state index in [1.165, 1.54) is 11.1 Å². The monoisotopic (exact) mass is 883 g/mol. The van der Waals surface area contributed by atoms with Crippen LogP contribution in [0.15, 0.2) is 160 Å². The molecule has 0 aliphatic rings. The number of nitrogens with zero attached hydrogens (tertiary/aromatic N) is 9. The van der Waals surface area contributed by atoms with Crippen LogP contribution in [0, 0.1) is 49.4 Å². The van der Waals surface area contributed by atoms with Crippen LogP contribution in [0.3, 0.4) is 0 Å². The van der Waals surface area contributed by atoms with Gasteiger partial charge in [0.2, 0.25) is 35.1 Å². The minimum absolute atomic E-state index is 0.570. The Kier molecular flexibility index (Phi) is 17.0. The largest absolute Gasteiger partial charge is 0.497 e. The maximum Gasteiger partial charge on any atom is 0.227 e. The lowest BCUT2D eigenvalue weighted by Crippen LogP contribution is -1.86. The Morgan fingerprint density at radius 2 is 0.851 bits per heavy atom. The lowest BCUT2D eigenvalue weighted by molar-refractivity contribution is 0.380. The second kappa shape index (κ2) is 24.7. The lowest BCUT2D eigenvalue weighted by Gasteiger charge is -1.98. The van der Waals surface area contributed by atoms with Crippen LogP contribution in [-0.2, 0) is 19.3 Å². The van der Waals surface area contributed by atoms with Crippen LogP contribution in [0.4, 0.5) is 0 Å². The summed E-state index contributed by atoms with van der Waals surface area (Å²) in [7, 11) is 1.63.